The van der Waals surface area contributed by atoms with Crippen LogP contribution in [0.25, 0.3) is 5.69 Å². The fourth-order valence-electron chi connectivity index (χ4n) is 1.24. The minimum absolute atomic E-state index is 0.310. The lowest BCUT2D eigenvalue weighted by molar-refractivity contribution is 0.950. The maximum Gasteiger partial charge on any atom is 0.152 e. The van der Waals surface area contributed by atoms with Gasteiger partial charge in [0.15, 0.2) is 5.82 Å². The van der Waals surface area contributed by atoms with Crippen LogP contribution < -0.4 is 0 Å². The third kappa shape index (κ3) is 2.33. The highest BCUT2D eigenvalue weighted by Gasteiger charge is 2.06. The summed E-state index contributed by atoms with van der Waals surface area (Å²) in [6.07, 6.45) is 1.61. The smallest absolute Gasteiger partial charge is 0.152 e. The van der Waals surface area contributed by atoms with Gasteiger partial charge >= 0.3 is 0 Å². The molecule has 0 aliphatic rings. The normalized spacial score (nSPS) is 10.6. The number of hydrogen-bond acceptors (Lipinski definition) is 2. The van der Waals surface area contributed by atoms with E-state index in [-0.39, 0.29) is 0 Å². The van der Waals surface area contributed by atoms with Gasteiger partial charge in [0.2, 0.25) is 0 Å². The van der Waals surface area contributed by atoms with Crippen molar-refractivity contribution in [2.45, 2.75) is 5.88 Å². The minimum Gasteiger partial charge on any atom is -0.285 e. The van der Waals surface area contributed by atoms with Crippen molar-refractivity contribution < 1.29 is 0 Å². The van der Waals surface area contributed by atoms with Crippen molar-refractivity contribution in [3.05, 3.63) is 39.8 Å². The number of hydrogen-bond donors (Lipinski definition) is 0. The second kappa shape index (κ2) is 4.51. The van der Waals surface area contributed by atoms with E-state index in [0.717, 1.165) is 10.2 Å². The molecule has 0 amide bonds. The summed E-state index contributed by atoms with van der Waals surface area (Å²) in [7, 11) is 0. The van der Waals surface area contributed by atoms with Crippen LogP contribution in [0.15, 0.2) is 29.0 Å². The Hall–Kier alpha value is -0.580. The molecule has 0 unspecified atom stereocenters. The van der Waals surface area contributed by atoms with E-state index < -0.39 is 0 Å². The summed E-state index contributed by atoms with van der Waals surface area (Å²) in [5.74, 6) is 0.996. The van der Waals surface area contributed by atoms with Crippen molar-refractivity contribution in [2.24, 2.45) is 0 Å². The summed E-state index contributed by atoms with van der Waals surface area (Å²) < 4.78 is 2.70. The van der Waals surface area contributed by atoms with Crippen LogP contribution in [-0.2, 0) is 5.88 Å². The van der Waals surface area contributed by atoms with Gasteiger partial charge in [-0.1, -0.05) is 27.5 Å². The van der Waals surface area contributed by atoms with Crippen LogP contribution in [0.2, 0.25) is 5.02 Å². The number of alkyl halides is 1. The fourth-order valence-corrected chi connectivity index (χ4v) is 2.27. The first-order valence-electron chi connectivity index (χ1n) is 4.12. The molecule has 0 saturated carbocycles. The molecule has 0 radical (unpaired) electrons. The van der Waals surface area contributed by atoms with Gasteiger partial charge in [-0.3, -0.25) is 4.57 Å². The molecular formula is C9H6BrCl2N3. The van der Waals surface area contributed by atoms with Gasteiger partial charge in [-0.15, -0.1) is 21.8 Å². The molecule has 0 N–H and O–H groups in total. The van der Waals surface area contributed by atoms with Crippen molar-refractivity contribution in [1.29, 1.82) is 0 Å². The molecule has 1 heterocycles. The van der Waals surface area contributed by atoms with Gasteiger partial charge in [-0.2, -0.15) is 0 Å². The van der Waals surface area contributed by atoms with Crippen LogP contribution in [0.5, 0.6) is 0 Å². The lowest BCUT2D eigenvalue weighted by atomic mass is 10.3. The number of nitrogens with zero attached hydrogens (tertiary/aromatic N) is 3. The predicted molar refractivity (Wildman–Crippen MR) is 63.6 cm³/mol. The number of halogens is 3. The minimum atomic E-state index is 0.310. The fraction of sp³-hybridized carbons (Fsp3) is 0.111. The van der Waals surface area contributed by atoms with Crippen molar-refractivity contribution in [2.75, 3.05) is 0 Å². The number of rotatable bonds is 2. The van der Waals surface area contributed by atoms with E-state index in [2.05, 4.69) is 26.1 Å². The average Bonchev–Trinajstić information content (AvgIpc) is 2.63. The Balaban J connectivity index is 2.53. The number of aromatic nitrogens is 3. The zero-order valence-corrected chi connectivity index (χ0v) is 10.6. The molecule has 6 heteroatoms. The zero-order chi connectivity index (χ0) is 10.8. The Morgan fingerprint density at radius 1 is 1.33 bits per heavy atom. The van der Waals surface area contributed by atoms with E-state index in [1.807, 2.05) is 18.2 Å². The van der Waals surface area contributed by atoms with Gasteiger partial charge in [0.05, 0.1) is 11.6 Å². The van der Waals surface area contributed by atoms with Crippen LogP contribution in [0.4, 0.5) is 0 Å². The van der Waals surface area contributed by atoms with E-state index >= 15 is 0 Å². The van der Waals surface area contributed by atoms with E-state index in [0.29, 0.717) is 16.7 Å². The molecule has 3 nitrogen and oxygen atoms in total. The molecule has 78 valence electrons. The lowest BCUT2D eigenvalue weighted by Gasteiger charge is -2.05. The molecule has 1 aromatic heterocycles. The molecule has 2 aromatic rings. The highest BCUT2D eigenvalue weighted by molar-refractivity contribution is 9.10. The number of benzene rings is 1. The van der Waals surface area contributed by atoms with Gasteiger partial charge in [0.1, 0.15) is 6.33 Å². The van der Waals surface area contributed by atoms with Gasteiger partial charge in [0, 0.05) is 9.50 Å². The van der Waals surface area contributed by atoms with Crippen LogP contribution in [0.3, 0.4) is 0 Å². The SMILES string of the molecule is ClCc1nncn1-c1cc(Cl)cc(Br)c1. The Bertz CT molecular complexity index is 464. The molecule has 15 heavy (non-hydrogen) atoms. The quantitative estimate of drug-likeness (QED) is 0.796. The first-order valence-corrected chi connectivity index (χ1v) is 5.82. The van der Waals surface area contributed by atoms with E-state index in [4.69, 9.17) is 23.2 Å². The Morgan fingerprint density at radius 3 is 2.80 bits per heavy atom. The third-order valence-corrected chi connectivity index (χ3v) is 2.78. The molecule has 0 aliphatic carbocycles. The molecule has 2 rings (SSSR count). The summed E-state index contributed by atoms with van der Waals surface area (Å²) in [5, 5.41) is 8.34. The average molecular weight is 307 g/mol. The van der Waals surface area contributed by atoms with Gasteiger partial charge in [0.25, 0.3) is 0 Å². The van der Waals surface area contributed by atoms with Gasteiger partial charge < -0.3 is 0 Å². The molecular weight excluding hydrogens is 301 g/mol. The monoisotopic (exact) mass is 305 g/mol. The van der Waals surface area contributed by atoms with E-state index in [1.54, 1.807) is 10.9 Å². The Morgan fingerprint density at radius 2 is 2.13 bits per heavy atom. The highest BCUT2D eigenvalue weighted by Crippen LogP contribution is 2.22. The van der Waals surface area contributed by atoms with Crippen molar-refractivity contribution >= 4 is 39.1 Å². The second-order valence-corrected chi connectivity index (χ2v) is 4.50. The Labute approximate surface area is 105 Å². The Kier molecular flexibility index (Phi) is 3.29. The summed E-state index contributed by atoms with van der Waals surface area (Å²) in [5.41, 5.74) is 0.884. The van der Waals surface area contributed by atoms with E-state index in [9.17, 15) is 0 Å². The first kappa shape index (κ1) is 10.9. The van der Waals surface area contributed by atoms with Crippen LogP contribution >= 0.6 is 39.1 Å². The molecule has 0 saturated heterocycles. The largest absolute Gasteiger partial charge is 0.285 e. The van der Waals surface area contributed by atoms with Crippen LogP contribution in [-0.4, -0.2) is 14.8 Å². The summed E-state index contributed by atoms with van der Waals surface area (Å²) in [6, 6.07) is 5.56. The van der Waals surface area contributed by atoms with Gasteiger partial charge in [-0.25, -0.2) is 0 Å². The standard InChI is InChI=1S/C9H6BrCl2N3/c10-6-1-7(12)3-8(2-6)15-5-13-14-9(15)4-11/h1-3,5H,4H2. The predicted octanol–water partition coefficient (Wildman–Crippen LogP) is 3.42. The topological polar surface area (TPSA) is 30.7 Å². The molecule has 0 atom stereocenters. The van der Waals surface area contributed by atoms with E-state index in [1.165, 1.54) is 0 Å². The molecule has 0 spiro atoms. The maximum absolute atomic E-state index is 5.95. The van der Waals surface area contributed by atoms with Crippen LogP contribution in [0.1, 0.15) is 5.82 Å². The molecule has 0 aliphatic heterocycles. The third-order valence-electron chi connectivity index (χ3n) is 1.86. The van der Waals surface area contributed by atoms with Crippen LogP contribution in [0, 0.1) is 0 Å². The molecule has 0 fully saturated rings. The second-order valence-electron chi connectivity index (χ2n) is 2.88. The van der Waals surface area contributed by atoms with Crippen molar-refractivity contribution in [3.8, 4) is 5.69 Å². The van der Waals surface area contributed by atoms with Gasteiger partial charge in [-0.05, 0) is 18.2 Å². The zero-order valence-electron chi connectivity index (χ0n) is 7.49. The molecule has 0 bridgehead atoms. The lowest BCUT2D eigenvalue weighted by Crippen LogP contribution is -1.97. The van der Waals surface area contributed by atoms with Crippen molar-refractivity contribution in [3.63, 3.8) is 0 Å². The molecule has 1 aromatic carbocycles. The first-order chi connectivity index (χ1) is 7.20. The summed E-state index contributed by atoms with van der Waals surface area (Å²) >= 11 is 15.1. The highest BCUT2D eigenvalue weighted by atomic mass is 79.9. The maximum atomic E-state index is 5.95. The summed E-state index contributed by atoms with van der Waals surface area (Å²) in [6.45, 7) is 0. The summed E-state index contributed by atoms with van der Waals surface area (Å²) in [4.78, 5) is 0. The van der Waals surface area contributed by atoms with Crippen molar-refractivity contribution in [1.82, 2.24) is 14.8 Å².